The van der Waals surface area contributed by atoms with Crippen LogP contribution in [0.5, 0.6) is 0 Å². The van der Waals surface area contributed by atoms with Gasteiger partial charge in [0.05, 0.1) is 0 Å². The van der Waals surface area contributed by atoms with Gasteiger partial charge in [-0.05, 0) is 19.3 Å². The molecule has 6 nitrogen and oxygen atoms in total. The average molecular weight is 317 g/mol. The summed E-state index contributed by atoms with van der Waals surface area (Å²) in [5.74, 6) is 1.26. The predicted molar refractivity (Wildman–Crippen MR) is 85.0 cm³/mol. The number of nitrogens with zero attached hydrogens (tertiary/aromatic N) is 4. The van der Waals surface area contributed by atoms with E-state index < -0.39 is 0 Å². The summed E-state index contributed by atoms with van der Waals surface area (Å²) in [7, 11) is 0. The summed E-state index contributed by atoms with van der Waals surface area (Å²) in [6.07, 6.45) is 9.48. The molecule has 0 radical (unpaired) electrons. The first-order valence-corrected chi connectivity index (χ1v) is 8.66. The number of nitrogens with one attached hydrogen (secondary N) is 1. The van der Waals surface area contributed by atoms with Gasteiger partial charge in [-0.2, -0.15) is 0 Å². The zero-order chi connectivity index (χ0) is 14.9. The topological polar surface area (TPSA) is 63.1 Å². The van der Waals surface area contributed by atoms with Crippen molar-refractivity contribution in [3.8, 4) is 0 Å². The minimum Gasteiger partial charge on any atom is -0.350 e. The van der Waals surface area contributed by atoms with Crippen molar-refractivity contribution in [1.82, 2.24) is 19.9 Å². The van der Waals surface area contributed by atoms with E-state index in [-0.39, 0.29) is 18.0 Å². The lowest BCUT2D eigenvalue weighted by Crippen LogP contribution is -2.49. The van der Waals surface area contributed by atoms with Gasteiger partial charge in [-0.3, -0.25) is 4.79 Å². The van der Waals surface area contributed by atoms with Crippen LogP contribution in [0.15, 0.2) is 24.0 Å². The second kappa shape index (κ2) is 5.72. The van der Waals surface area contributed by atoms with Crippen LogP contribution in [0.25, 0.3) is 0 Å². The van der Waals surface area contributed by atoms with Crippen LogP contribution in [0.4, 0.5) is 5.13 Å². The maximum atomic E-state index is 12.7. The fourth-order valence-electron chi connectivity index (χ4n) is 3.41. The molecule has 2 atom stereocenters. The molecule has 0 aromatic carbocycles. The number of hydrogen-bond donors (Lipinski definition) is 1. The molecular weight excluding hydrogens is 298 g/mol. The zero-order valence-electron chi connectivity index (χ0n) is 12.3. The molecule has 0 aliphatic carbocycles. The number of anilines is 1. The highest BCUT2D eigenvalue weighted by molar-refractivity contribution is 7.13. The SMILES string of the molecule is O=C(N[C@@H]1CCc2nccn2C1)[C@H]1CCCN1c1nccs1. The van der Waals surface area contributed by atoms with E-state index >= 15 is 0 Å². The van der Waals surface area contributed by atoms with E-state index in [0.717, 1.165) is 49.7 Å². The number of imidazole rings is 1. The summed E-state index contributed by atoms with van der Waals surface area (Å²) < 4.78 is 2.14. The smallest absolute Gasteiger partial charge is 0.243 e. The Morgan fingerprint density at radius 2 is 2.27 bits per heavy atom. The molecule has 2 aliphatic rings. The van der Waals surface area contributed by atoms with Gasteiger partial charge in [0.25, 0.3) is 0 Å². The summed E-state index contributed by atoms with van der Waals surface area (Å²) >= 11 is 1.60. The molecule has 0 spiro atoms. The van der Waals surface area contributed by atoms with Crippen LogP contribution in [0.1, 0.15) is 25.1 Å². The Bertz CT molecular complexity index is 653. The van der Waals surface area contributed by atoms with E-state index in [4.69, 9.17) is 0 Å². The minimum atomic E-state index is -0.0738. The van der Waals surface area contributed by atoms with Crippen LogP contribution in [-0.2, 0) is 17.8 Å². The predicted octanol–water partition coefficient (Wildman–Crippen LogP) is 1.44. The van der Waals surface area contributed by atoms with Crippen LogP contribution in [0.2, 0.25) is 0 Å². The standard InChI is InChI=1S/C15H19N5OS/c21-14(12-2-1-7-20(12)15-17-6-9-22-15)18-11-3-4-13-16-5-8-19(13)10-11/h5-6,8-9,11-12H,1-4,7,10H2,(H,18,21)/t11-,12-/m1/s1. The maximum Gasteiger partial charge on any atom is 0.243 e. The lowest BCUT2D eigenvalue weighted by molar-refractivity contribution is -0.123. The zero-order valence-corrected chi connectivity index (χ0v) is 13.1. The molecule has 2 aromatic heterocycles. The highest BCUT2D eigenvalue weighted by atomic mass is 32.1. The van der Waals surface area contributed by atoms with Crippen molar-refractivity contribution in [3.05, 3.63) is 29.8 Å². The Kier molecular flexibility index (Phi) is 3.57. The third kappa shape index (κ3) is 2.49. The molecule has 1 saturated heterocycles. The maximum absolute atomic E-state index is 12.7. The second-order valence-corrected chi connectivity index (χ2v) is 6.78. The van der Waals surface area contributed by atoms with Gasteiger partial charge in [-0.15, -0.1) is 11.3 Å². The summed E-state index contributed by atoms with van der Waals surface area (Å²) in [6.45, 7) is 1.74. The normalized spacial score (nSPS) is 24.3. The first kappa shape index (κ1) is 13.8. The Hall–Kier alpha value is -1.89. The van der Waals surface area contributed by atoms with Crippen LogP contribution in [0.3, 0.4) is 0 Å². The van der Waals surface area contributed by atoms with Gasteiger partial charge < -0.3 is 14.8 Å². The van der Waals surface area contributed by atoms with Crippen molar-refractivity contribution >= 4 is 22.4 Å². The molecule has 22 heavy (non-hydrogen) atoms. The first-order chi connectivity index (χ1) is 10.8. The van der Waals surface area contributed by atoms with Gasteiger partial charge >= 0.3 is 0 Å². The van der Waals surface area contributed by atoms with Crippen LogP contribution in [0, 0.1) is 0 Å². The highest BCUT2D eigenvalue weighted by Gasteiger charge is 2.33. The molecule has 7 heteroatoms. The van der Waals surface area contributed by atoms with Gasteiger partial charge in [-0.1, -0.05) is 0 Å². The summed E-state index contributed by atoms with van der Waals surface area (Å²) in [5, 5.41) is 6.15. The van der Waals surface area contributed by atoms with Crippen molar-refractivity contribution < 1.29 is 4.79 Å². The van der Waals surface area contributed by atoms with E-state index in [1.165, 1.54) is 0 Å². The van der Waals surface area contributed by atoms with Crippen molar-refractivity contribution in [2.75, 3.05) is 11.4 Å². The molecule has 0 saturated carbocycles. The van der Waals surface area contributed by atoms with Gasteiger partial charge in [0.15, 0.2) is 5.13 Å². The van der Waals surface area contributed by atoms with Gasteiger partial charge in [0.1, 0.15) is 11.9 Å². The molecule has 1 N–H and O–H groups in total. The molecule has 116 valence electrons. The largest absolute Gasteiger partial charge is 0.350 e. The molecule has 4 rings (SSSR count). The number of carbonyl (C=O) groups is 1. The number of aromatic nitrogens is 3. The number of carbonyl (C=O) groups excluding carboxylic acids is 1. The van der Waals surface area contributed by atoms with E-state index in [9.17, 15) is 4.79 Å². The van der Waals surface area contributed by atoms with Crippen molar-refractivity contribution in [2.45, 2.75) is 44.3 Å². The molecule has 2 aromatic rings. The average Bonchev–Trinajstić information content (AvgIpc) is 3.26. The molecule has 1 amide bonds. The number of fused-ring (bicyclic) bond motifs is 1. The third-order valence-corrected chi connectivity index (χ3v) is 5.31. The third-order valence-electron chi connectivity index (χ3n) is 4.50. The number of hydrogen-bond acceptors (Lipinski definition) is 5. The number of aryl methyl sites for hydroxylation is 1. The molecule has 1 fully saturated rings. The van der Waals surface area contributed by atoms with Crippen LogP contribution in [-0.4, -0.2) is 39.1 Å². The molecule has 0 bridgehead atoms. The molecular formula is C15H19N5OS. The van der Waals surface area contributed by atoms with E-state index in [1.807, 2.05) is 17.8 Å². The monoisotopic (exact) mass is 317 g/mol. The number of amides is 1. The van der Waals surface area contributed by atoms with Crippen molar-refractivity contribution in [3.63, 3.8) is 0 Å². The number of thiazole rings is 1. The quantitative estimate of drug-likeness (QED) is 0.930. The van der Waals surface area contributed by atoms with E-state index in [2.05, 4.69) is 24.8 Å². The molecule has 4 heterocycles. The van der Waals surface area contributed by atoms with Gasteiger partial charge in [0, 0.05) is 49.5 Å². The lowest BCUT2D eigenvalue weighted by Gasteiger charge is -2.28. The Morgan fingerprint density at radius 1 is 1.32 bits per heavy atom. The highest BCUT2D eigenvalue weighted by Crippen LogP contribution is 2.27. The summed E-state index contributed by atoms with van der Waals surface area (Å²) in [4.78, 5) is 23.5. The van der Waals surface area contributed by atoms with Crippen molar-refractivity contribution in [1.29, 1.82) is 0 Å². The summed E-state index contributed by atoms with van der Waals surface area (Å²) in [6, 6.07) is 0.128. The Balaban J connectivity index is 1.42. The summed E-state index contributed by atoms with van der Waals surface area (Å²) in [5.41, 5.74) is 0. The number of rotatable bonds is 3. The van der Waals surface area contributed by atoms with Gasteiger partial charge in [0.2, 0.25) is 5.91 Å². The molecule has 0 unspecified atom stereocenters. The van der Waals surface area contributed by atoms with Crippen molar-refractivity contribution in [2.24, 2.45) is 0 Å². The molecule has 2 aliphatic heterocycles. The minimum absolute atomic E-state index is 0.0738. The lowest BCUT2D eigenvalue weighted by atomic mass is 10.1. The Labute approximate surface area is 133 Å². The fourth-order valence-corrected chi connectivity index (χ4v) is 4.13. The Morgan fingerprint density at radius 3 is 3.14 bits per heavy atom. The van der Waals surface area contributed by atoms with E-state index in [1.54, 1.807) is 17.5 Å². The fraction of sp³-hybridized carbons (Fsp3) is 0.533. The first-order valence-electron chi connectivity index (χ1n) is 7.78. The van der Waals surface area contributed by atoms with Crippen LogP contribution < -0.4 is 10.2 Å². The van der Waals surface area contributed by atoms with Gasteiger partial charge in [-0.25, -0.2) is 9.97 Å². The second-order valence-electron chi connectivity index (χ2n) is 5.91. The van der Waals surface area contributed by atoms with Crippen LogP contribution >= 0.6 is 11.3 Å². The van der Waals surface area contributed by atoms with E-state index in [0.29, 0.717) is 0 Å².